The summed E-state index contributed by atoms with van der Waals surface area (Å²) >= 11 is 0. The number of aliphatic hydroxyl groups is 4. The van der Waals surface area contributed by atoms with E-state index in [0.29, 0.717) is 30.9 Å². The fourth-order valence-electron chi connectivity index (χ4n) is 5.05. The molecule has 0 bridgehead atoms. The van der Waals surface area contributed by atoms with Crippen LogP contribution in [0.3, 0.4) is 0 Å². The summed E-state index contributed by atoms with van der Waals surface area (Å²) < 4.78 is 33.5. The lowest BCUT2D eigenvalue weighted by atomic mass is 9.84. The Bertz CT molecular complexity index is 1060. The molecule has 38 heavy (non-hydrogen) atoms. The van der Waals surface area contributed by atoms with Crippen molar-refractivity contribution in [3.63, 3.8) is 0 Å². The van der Waals surface area contributed by atoms with Gasteiger partial charge in [-0.05, 0) is 54.2 Å². The minimum absolute atomic E-state index is 0.0294. The summed E-state index contributed by atoms with van der Waals surface area (Å²) in [5, 5.41) is 49.7. The molecule has 11 nitrogen and oxygen atoms in total. The molecule has 2 saturated heterocycles. The number of methoxy groups -OCH3 is 3. The van der Waals surface area contributed by atoms with Crippen LogP contribution in [0.1, 0.15) is 11.1 Å². The van der Waals surface area contributed by atoms with Gasteiger partial charge in [-0.1, -0.05) is 12.1 Å². The smallest absolute Gasteiger partial charge is 0.229 e. The van der Waals surface area contributed by atoms with Crippen LogP contribution < -0.4 is 14.2 Å². The van der Waals surface area contributed by atoms with Gasteiger partial charge in [-0.25, -0.2) is 0 Å². The van der Waals surface area contributed by atoms with Crippen molar-refractivity contribution < 1.29 is 54.0 Å². The summed E-state index contributed by atoms with van der Waals surface area (Å²) in [6.07, 6.45) is -6.02. The quantitative estimate of drug-likeness (QED) is 0.290. The first-order valence-corrected chi connectivity index (χ1v) is 12.4. The second kappa shape index (κ2) is 12.5. The number of ether oxygens (including phenoxy) is 6. The SMILES string of the molecule is COc1cc(C[C@H]2CO[C@H](OC)[C@@H]2Cc2ccc(O[C@@H]3O[C@H](CO)[C@@H](O)[C@H](O)[C@H]3O)c(OC)c2)ccc1O. The van der Waals surface area contributed by atoms with Crippen molar-refractivity contribution in [2.24, 2.45) is 11.8 Å². The van der Waals surface area contributed by atoms with E-state index in [2.05, 4.69) is 0 Å². The summed E-state index contributed by atoms with van der Waals surface area (Å²) in [7, 11) is 4.61. The first-order chi connectivity index (χ1) is 18.3. The molecular formula is C27H36O11. The van der Waals surface area contributed by atoms with Crippen LogP contribution >= 0.6 is 0 Å². The summed E-state index contributed by atoms with van der Waals surface area (Å²) in [6, 6.07) is 10.6. The van der Waals surface area contributed by atoms with Gasteiger partial charge in [0.15, 0.2) is 29.3 Å². The lowest BCUT2D eigenvalue weighted by Crippen LogP contribution is -2.60. The zero-order valence-corrected chi connectivity index (χ0v) is 21.6. The summed E-state index contributed by atoms with van der Waals surface area (Å²) in [5.74, 6) is 1.32. The lowest BCUT2D eigenvalue weighted by molar-refractivity contribution is -0.277. The summed E-state index contributed by atoms with van der Waals surface area (Å²) in [4.78, 5) is 0. The van der Waals surface area contributed by atoms with Crippen LogP contribution in [0.25, 0.3) is 0 Å². The molecule has 8 atom stereocenters. The van der Waals surface area contributed by atoms with E-state index < -0.39 is 43.6 Å². The molecule has 0 aromatic heterocycles. The number of benzene rings is 2. The van der Waals surface area contributed by atoms with Crippen molar-refractivity contribution in [3.8, 4) is 23.0 Å². The number of hydrogen-bond acceptors (Lipinski definition) is 11. The average Bonchev–Trinajstić information content (AvgIpc) is 3.31. The highest BCUT2D eigenvalue weighted by molar-refractivity contribution is 5.44. The molecule has 5 N–H and O–H groups in total. The van der Waals surface area contributed by atoms with Gasteiger partial charge in [0.1, 0.15) is 24.4 Å². The first-order valence-electron chi connectivity index (χ1n) is 12.4. The number of aromatic hydroxyl groups is 1. The highest BCUT2D eigenvalue weighted by Crippen LogP contribution is 2.37. The van der Waals surface area contributed by atoms with E-state index >= 15 is 0 Å². The second-order valence-corrected chi connectivity index (χ2v) is 9.58. The maximum absolute atomic E-state index is 10.3. The molecule has 2 aromatic rings. The largest absolute Gasteiger partial charge is 0.504 e. The highest BCUT2D eigenvalue weighted by Gasteiger charge is 2.45. The van der Waals surface area contributed by atoms with E-state index in [0.717, 1.165) is 11.1 Å². The Kier molecular flexibility index (Phi) is 9.32. The van der Waals surface area contributed by atoms with Gasteiger partial charge in [0.2, 0.25) is 6.29 Å². The molecule has 2 heterocycles. The van der Waals surface area contributed by atoms with E-state index in [1.165, 1.54) is 14.2 Å². The minimum Gasteiger partial charge on any atom is -0.504 e. The topological polar surface area (TPSA) is 157 Å². The standard InChI is InChI=1S/C27H36O11/c1-33-20-10-14(4-6-18(20)29)8-16-13-36-26(35-3)17(16)9-15-5-7-19(21(11-15)34-2)37-27-25(32)24(31)23(30)22(12-28)38-27/h4-7,10-11,16-17,22-32H,8-9,12-13H2,1-3H3/t16-,17+,22+,23+,24-,25+,26-,27+/m0/s1. The maximum Gasteiger partial charge on any atom is 0.229 e. The number of phenolic OH excluding ortho intramolecular Hbond substituents is 1. The van der Waals surface area contributed by atoms with Crippen LogP contribution in [0.2, 0.25) is 0 Å². The molecule has 210 valence electrons. The number of phenols is 1. The Hall–Kier alpha value is -2.64. The number of aliphatic hydroxyl groups excluding tert-OH is 4. The molecule has 0 radical (unpaired) electrons. The average molecular weight is 537 g/mol. The zero-order chi connectivity index (χ0) is 27.4. The van der Waals surface area contributed by atoms with Gasteiger partial charge >= 0.3 is 0 Å². The monoisotopic (exact) mass is 536 g/mol. The summed E-state index contributed by atoms with van der Waals surface area (Å²) in [5.41, 5.74) is 1.95. The van der Waals surface area contributed by atoms with Crippen LogP contribution in [-0.2, 0) is 27.1 Å². The van der Waals surface area contributed by atoms with Crippen LogP contribution in [0, 0.1) is 11.8 Å². The number of rotatable bonds is 10. The van der Waals surface area contributed by atoms with Crippen LogP contribution in [0.5, 0.6) is 23.0 Å². The van der Waals surface area contributed by atoms with Crippen LogP contribution in [-0.4, -0.2) is 97.1 Å². The van der Waals surface area contributed by atoms with Crippen molar-refractivity contribution >= 4 is 0 Å². The van der Waals surface area contributed by atoms with Crippen molar-refractivity contribution in [3.05, 3.63) is 47.5 Å². The van der Waals surface area contributed by atoms with E-state index in [1.54, 1.807) is 19.2 Å². The normalized spacial score (nSPS) is 31.2. The first kappa shape index (κ1) is 28.4. The summed E-state index contributed by atoms with van der Waals surface area (Å²) in [6.45, 7) is -0.0368. The molecule has 0 amide bonds. The Balaban J connectivity index is 1.49. The van der Waals surface area contributed by atoms with Gasteiger partial charge in [0.25, 0.3) is 0 Å². The molecule has 2 fully saturated rings. The Labute approximate surface area is 221 Å². The molecule has 0 saturated carbocycles. The maximum atomic E-state index is 10.3. The fourth-order valence-corrected chi connectivity index (χ4v) is 5.05. The van der Waals surface area contributed by atoms with E-state index in [9.17, 15) is 25.5 Å². The molecule has 0 unspecified atom stereocenters. The van der Waals surface area contributed by atoms with Gasteiger partial charge in [0.05, 0.1) is 27.4 Å². The molecule has 11 heteroatoms. The van der Waals surface area contributed by atoms with Crippen molar-refractivity contribution in [2.75, 3.05) is 34.5 Å². The molecule has 2 aromatic carbocycles. The van der Waals surface area contributed by atoms with E-state index in [4.69, 9.17) is 28.4 Å². The van der Waals surface area contributed by atoms with Crippen molar-refractivity contribution in [2.45, 2.75) is 49.8 Å². The van der Waals surface area contributed by atoms with E-state index in [-0.39, 0.29) is 23.3 Å². The van der Waals surface area contributed by atoms with Gasteiger partial charge in [0, 0.05) is 13.0 Å². The minimum atomic E-state index is -1.55. The third-order valence-corrected chi connectivity index (χ3v) is 7.19. The van der Waals surface area contributed by atoms with Crippen molar-refractivity contribution in [1.82, 2.24) is 0 Å². The predicted molar refractivity (Wildman–Crippen MR) is 133 cm³/mol. The van der Waals surface area contributed by atoms with Gasteiger partial charge in [-0.15, -0.1) is 0 Å². The second-order valence-electron chi connectivity index (χ2n) is 9.58. The number of hydrogen-bond donors (Lipinski definition) is 5. The zero-order valence-electron chi connectivity index (χ0n) is 21.6. The van der Waals surface area contributed by atoms with Crippen molar-refractivity contribution in [1.29, 1.82) is 0 Å². The molecule has 2 aliphatic heterocycles. The Morgan fingerprint density at radius 1 is 0.816 bits per heavy atom. The van der Waals surface area contributed by atoms with Gasteiger partial charge in [-0.2, -0.15) is 0 Å². The molecule has 4 rings (SSSR count). The van der Waals surface area contributed by atoms with Gasteiger partial charge in [-0.3, -0.25) is 0 Å². The van der Waals surface area contributed by atoms with Crippen LogP contribution in [0.15, 0.2) is 36.4 Å². The molecule has 0 aliphatic carbocycles. The Morgan fingerprint density at radius 3 is 2.18 bits per heavy atom. The Morgan fingerprint density at radius 2 is 1.50 bits per heavy atom. The molecule has 2 aliphatic rings. The van der Waals surface area contributed by atoms with E-state index in [1.807, 2.05) is 24.3 Å². The third kappa shape index (κ3) is 5.99. The third-order valence-electron chi connectivity index (χ3n) is 7.19. The predicted octanol–water partition coefficient (Wildman–Crippen LogP) is 0.608. The fraction of sp³-hybridized carbons (Fsp3) is 0.556. The highest BCUT2D eigenvalue weighted by atomic mass is 16.7. The van der Waals surface area contributed by atoms with Gasteiger partial charge < -0.3 is 54.0 Å². The van der Waals surface area contributed by atoms with Crippen LogP contribution in [0.4, 0.5) is 0 Å². The molecule has 0 spiro atoms. The molecular weight excluding hydrogens is 500 g/mol. The lowest BCUT2D eigenvalue weighted by Gasteiger charge is -2.39.